The molecule has 0 saturated heterocycles. The number of furan rings is 1. The Morgan fingerprint density at radius 3 is 2.41 bits per heavy atom. The molecule has 1 N–H and O–H groups in total. The molecule has 2 heterocycles. The Labute approximate surface area is 197 Å². The summed E-state index contributed by atoms with van der Waals surface area (Å²) >= 11 is 0. The van der Waals surface area contributed by atoms with Crippen molar-refractivity contribution in [1.82, 2.24) is 9.78 Å². The van der Waals surface area contributed by atoms with Gasteiger partial charge in [-0.3, -0.25) is 4.79 Å². The molecule has 0 saturated carbocycles. The van der Waals surface area contributed by atoms with Gasteiger partial charge in [0.25, 0.3) is 5.91 Å². The zero-order valence-corrected chi connectivity index (χ0v) is 19.2. The van der Waals surface area contributed by atoms with E-state index in [0.717, 1.165) is 28.3 Å². The Bertz CT molecular complexity index is 1330. The molecular weight excluding hydrogens is 430 g/mol. The van der Waals surface area contributed by atoms with Crippen molar-refractivity contribution in [2.75, 3.05) is 11.9 Å². The number of carbonyl (C=O) groups is 2. The van der Waals surface area contributed by atoms with Crippen LogP contribution in [-0.4, -0.2) is 28.3 Å². The number of hydrogen-bond acceptors (Lipinski definition) is 5. The zero-order chi connectivity index (χ0) is 24.1. The van der Waals surface area contributed by atoms with Crippen LogP contribution in [0.5, 0.6) is 0 Å². The lowest BCUT2D eigenvalue weighted by Gasteiger charge is -2.11. The van der Waals surface area contributed by atoms with E-state index < -0.39 is 11.9 Å². The Morgan fingerprint density at radius 1 is 1.00 bits per heavy atom. The Balaban J connectivity index is 1.46. The highest BCUT2D eigenvalue weighted by atomic mass is 16.5. The first-order valence-corrected chi connectivity index (χ1v) is 10.8. The summed E-state index contributed by atoms with van der Waals surface area (Å²) in [6.07, 6.45) is 4.68. The molecule has 2 aromatic carbocycles. The van der Waals surface area contributed by atoms with Gasteiger partial charge in [-0.1, -0.05) is 36.4 Å². The van der Waals surface area contributed by atoms with Crippen molar-refractivity contribution in [3.05, 3.63) is 95.4 Å². The van der Waals surface area contributed by atoms with Crippen molar-refractivity contribution >= 4 is 23.6 Å². The second-order valence-electron chi connectivity index (χ2n) is 7.88. The van der Waals surface area contributed by atoms with Gasteiger partial charge >= 0.3 is 5.97 Å². The number of para-hydroxylation sites is 2. The third-order valence-electron chi connectivity index (χ3n) is 5.23. The largest absolute Gasteiger partial charge is 0.460 e. The molecule has 0 aliphatic heterocycles. The molecule has 2 aromatic heterocycles. The Kier molecular flexibility index (Phi) is 6.73. The number of hydrogen-bond donors (Lipinski definition) is 1. The molecule has 0 unspecified atom stereocenters. The fraction of sp³-hybridized carbons (Fsp3) is 0.148. The summed E-state index contributed by atoms with van der Waals surface area (Å²) in [7, 11) is 0. The lowest BCUT2D eigenvalue weighted by atomic mass is 10.1. The van der Waals surface area contributed by atoms with E-state index in [1.165, 1.54) is 6.08 Å². The van der Waals surface area contributed by atoms with Crippen LogP contribution in [0.15, 0.2) is 77.4 Å². The smallest absolute Gasteiger partial charge is 0.331 e. The van der Waals surface area contributed by atoms with Crippen LogP contribution in [0.1, 0.15) is 22.5 Å². The van der Waals surface area contributed by atoms with Crippen molar-refractivity contribution in [2.45, 2.75) is 20.8 Å². The minimum Gasteiger partial charge on any atom is -0.460 e. The maximum Gasteiger partial charge on any atom is 0.331 e. The summed E-state index contributed by atoms with van der Waals surface area (Å²) in [5.41, 5.74) is 4.75. The molecule has 0 atom stereocenters. The van der Waals surface area contributed by atoms with Crippen LogP contribution in [0.2, 0.25) is 0 Å². The predicted molar refractivity (Wildman–Crippen MR) is 131 cm³/mol. The maximum absolute atomic E-state index is 12.3. The van der Waals surface area contributed by atoms with Crippen LogP contribution < -0.4 is 5.32 Å². The number of rotatable bonds is 7. The standard InChI is InChI=1S/C27H25N3O4/c1-18-8-7-9-19(2)26(18)28-24(31)17-33-25(32)15-13-21-16-30(22-10-5-4-6-11-22)29-27(21)23-14-12-20(3)34-23/h4-16H,17H2,1-3H3,(H,28,31)/b15-13+. The van der Waals surface area contributed by atoms with E-state index in [1.807, 2.05) is 81.4 Å². The van der Waals surface area contributed by atoms with Gasteiger partial charge in [0.1, 0.15) is 11.5 Å². The molecule has 0 aliphatic carbocycles. The second-order valence-corrected chi connectivity index (χ2v) is 7.88. The van der Waals surface area contributed by atoms with Gasteiger partial charge in [-0.2, -0.15) is 5.10 Å². The summed E-state index contributed by atoms with van der Waals surface area (Å²) in [4.78, 5) is 24.6. The first-order valence-electron chi connectivity index (χ1n) is 10.8. The van der Waals surface area contributed by atoms with Gasteiger partial charge in [0.15, 0.2) is 12.4 Å². The van der Waals surface area contributed by atoms with E-state index in [1.54, 1.807) is 17.0 Å². The normalized spacial score (nSPS) is 11.0. The number of amides is 1. The van der Waals surface area contributed by atoms with Crippen LogP contribution >= 0.6 is 0 Å². The molecule has 4 aromatic rings. The number of nitrogens with one attached hydrogen (secondary N) is 1. The molecule has 172 valence electrons. The molecule has 7 heteroatoms. The van der Waals surface area contributed by atoms with E-state index in [-0.39, 0.29) is 6.61 Å². The fourth-order valence-corrected chi connectivity index (χ4v) is 3.51. The lowest BCUT2D eigenvalue weighted by molar-refractivity contribution is -0.142. The summed E-state index contributed by atoms with van der Waals surface area (Å²) < 4.78 is 12.6. The number of aryl methyl sites for hydroxylation is 3. The second kappa shape index (κ2) is 10.0. The molecule has 0 radical (unpaired) electrons. The van der Waals surface area contributed by atoms with Gasteiger partial charge in [-0.05, 0) is 62.2 Å². The van der Waals surface area contributed by atoms with Gasteiger partial charge in [-0.15, -0.1) is 0 Å². The number of esters is 1. The van der Waals surface area contributed by atoms with Gasteiger partial charge in [0, 0.05) is 23.5 Å². The number of aromatic nitrogens is 2. The highest BCUT2D eigenvalue weighted by Gasteiger charge is 2.14. The summed E-state index contributed by atoms with van der Waals surface area (Å²) in [6.45, 7) is 5.29. The molecule has 0 aliphatic rings. The Morgan fingerprint density at radius 2 is 1.74 bits per heavy atom. The zero-order valence-electron chi connectivity index (χ0n) is 19.2. The molecule has 0 bridgehead atoms. The SMILES string of the molecule is Cc1ccc(-c2nn(-c3ccccc3)cc2/C=C/C(=O)OCC(=O)Nc2c(C)cccc2C)o1. The van der Waals surface area contributed by atoms with E-state index in [0.29, 0.717) is 17.0 Å². The van der Waals surface area contributed by atoms with Crippen LogP contribution in [0.25, 0.3) is 23.2 Å². The van der Waals surface area contributed by atoms with Gasteiger partial charge in [-0.25, -0.2) is 9.48 Å². The van der Waals surface area contributed by atoms with E-state index in [9.17, 15) is 9.59 Å². The van der Waals surface area contributed by atoms with Gasteiger partial charge < -0.3 is 14.5 Å². The fourth-order valence-electron chi connectivity index (χ4n) is 3.51. The molecule has 34 heavy (non-hydrogen) atoms. The first kappa shape index (κ1) is 22.8. The van der Waals surface area contributed by atoms with E-state index in [2.05, 4.69) is 10.4 Å². The number of nitrogens with zero attached hydrogens (tertiary/aromatic N) is 2. The third kappa shape index (κ3) is 5.32. The molecule has 1 amide bonds. The van der Waals surface area contributed by atoms with Crippen molar-refractivity contribution in [1.29, 1.82) is 0 Å². The van der Waals surface area contributed by atoms with Crippen molar-refractivity contribution in [3.63, 3.8) is 0 Å². The van der Waals surface area contributed by atoms with E-state index >= 15 is 0 Å². The highest BCUT2D eigenvalue weighted by Crippen LogP contribution is 2.26. The Hall–Kier alpha value is -4.39. The maximum atomic E-state index is 12.3. The molecular formula is C27H25N3O4. The molecule has 4 rings (SSSR count). The monoisotopic (exact) mass is 455 g/mol. The minimum atomic E-state index is -0.634. The topological polar surface area (TPSA) is 86.4 Å². The van der Waals surface area contributed by atoms with Gasteiger partial charge in [0.05, 0.1) is 5.69 Å². The van der Waals surface area contributed by atoms with Gasteiger partial charge in [0.2, 0.25) is 0 Å². The van der Waals surface area contributed by atoms with Crippen molar-refractivity contribution in [2.24, 2.45) is 0 Å². The molecule has 0 fully saturated rings. The van der Waals surface area contributed by atoms with Crippen LogP contribution in [0.4, 0.5) is 5.69 Å². The lowest BCUT2D eigenvalue weighted by Crippen LogP contribution is -2.21. The predicted octanol–water partition coefficient (Wildman–Crippen LogP) is 5.25. The van der Waals surface area contributed by atoms with Crippen molar-refractivity contribution in [3.8, 4) is 17.1 Å². The summed E-state index contributed by atoms with van der Waals surface area (Å²) in [5, 5.41) is 7.43. The number of benzene rings is 2. The average Bonchev–Trinajstić information content (AvgIpc) is 3.45. The van der Waals surface area contributed by atoms with E-state index in [4.69, 9.17) is 9.15 Å². The van der Waals surface area contributed by atoms with Crippen LogP contribution in [-0.2, 0) is 14.3 Å². The quantitative estimate of drug-likeness (QED) is 0.304. The van der Waals surface area contributed by atoms with Crippen LogP contribution in [0, 0.1) is 20.8 Å². The number of anilines is 1. The van der Waals surface area contributed by atoms with Crippen molar-refractivity contribution < 1.29 is 18.7 Å². The third-order valence-corrected chi connectivity index (χ3v) is 5.23. The average molecular weight is 456 g/mol. The molecule has 7 nitrogen and oxygen atoms in total. The minimum absolute atomic E-state index is 0.384. The summed E-state index contributed by atoms with van der Waals surface area (Å²) in [5.74, 6) is 0.315. The van der Waals surface area contributed by atoms with Crippen LogP contribution in [0.3, 0.4) is 0 Å². The summed E-state index contributed by atoms with van der Waals surface area (Å²) in [6, 6.07) is 19.1. The molecule has 0 spiro atoms. The highest BCUT2D eigenvalue weighted by molar-refractivity contribution is 5.96. The number of ether oxygens (including phenoxy) is 1. The number of carbonyl (C=O) groups excluding carboxylic acids is 2. The first-order chi connectivity index (χ1) is 16.4.